The summed E-state index contributed by atoms with van der Waals surface area (Å²) in [5.41, 5.74) is 4.20. The number of aromatic nitrogens is 4. The van der Waals surface area contributed by atoms with E-state index in [-0.39, 0.29) is 5.56 Å². The molecule has 0 saturated heterocycles. The lowest BCUT2D eigenvalue weighted by atomic mass is 10.1. The maximum Gasteiger partial charge on any atom is 0.261 e. The van der Waals surface area contributed by atoms with E-state index in [9.17, 15) is 4.79 Å². The van der Waals surface area contributed by atoms with Gasteiger partial charge in [0.1, 0.15) is 0 Å². The quantitative estimate of drug-likeness (QED) is 0.419. The van der Waals surface area contributed by atoms with Crippen LogP contribution in [0.1, 0.15) is 5.56 Å². The third-order valence-corrected chi connectivity index (χ3v) is 5.22. The maximum absolute atomic E-state index is 13.0. The number of hydrogen-bond donors (Lipinski definition) is 0. The predicted molar refractivity (Wildman–Crippen MR) is 119 cm³/mol. The van der Waals surface area contributed by atoms with E-state index in [0.29, 0.717) is 22.5 Å². The summed E-state index contributed by atoms with van der Waals surface area (Å²) in [4.78, 5) is 17.5. The second-order valence-corrected chi connectivity index (χ2v) is 7.42. The number of benzene rings is 3. The summed E-state index contributed by atoms with van der Waals surface area (Å²) >= 11 is 6.09. The van der Waals surface area contributed by atoms with Crippen LogP contribution < -0.4 is 5.56 Å². The summed E-state index contributed by atoms with van der Waals surface area (Å²) in [6.07, 6.45) is 3.54. The van der Waals surface area contributed by atoms with Crippen LogP contribution in [0.25, 0.3) is 27.8 Å². The first kappa shape index (κ1) is 18.3. The highest BCUT2D eigenvalue weighted by atomic mass is 35.5. The molecule has 5 rings (SSSR count). The largest absolute Gasteiger partial charge is 0.294 e. The highest BCUT2D eigenvalue weighted by Gasteiger charge is 2.14. The Morgan fingerprint density at radius 3 is 2.40 bits per heavy atom. The van der Waals surface area contributed by atoms with Gasteiger partial charge in [0, 0.05) is 22.3 Å². The zero-order chi connectivity index (χ0) is 20.5. The van der Waals surface area contributed by atoms with E-state index in [2.05, 4.69) is 4.98 Å². The third kappa shape index (κ3) is 3.40. The molecule has 0 atom stereocenters. The number of nitrogens with zero attached hydrogens (tertiary/aromatic N) is 4. The first-order valence-electron chi connectivity index (χ1n) is 9.53. The molecule has 0 aliphatic carbocycles. The van der Waals surface area contributed by atoms with Gasteiger partial charge in [-0.2, -0.15) is 5.10 Å². The summed E-state index contributed by atoms with van der Waals surface area (Å²) in [6.45, 7) is 0.353. The van der Waals surface area contributed by atoms with Gasteiger partial charge in [-0.05, 0) is 30.3 Å². The smallest absolute Gasteiger partial charge is 0.261 e. The highest BCUT2D eigenvalue weighted by Crippen LogP contribution is 2.24. The molecule has 0 aliphatic heterocycles. The van der Waals surface area contributed by atoms with Gasteiger partial charge in [-0.25, -0.2) is 9.67 Å². The number of hydrogen-bond acceptors (Lipinski definition) is 3. The molecular formula is C24H17ClN4O. The number of para-hydroxylation sites is 1. The maximum atomic E-state index is 13.0. The molecule has 0 N–H and O–H groups in total. The molecule has 2 heterocycles. The number of fused-ring (bicyclic) bond motifs is 1. The molecule has 0 spiro atoms. The molecule has 0 amide bonds. The molecule has 0 saturated carbocycles. The lowest BCUT2D eigenvalue weighted by Gasteiger charge is -2.07. The van der Waals surface area contributed by atoms with Crippen LogP contribution in [0.5, 0.6) is 0 Å². The van der Waals surface area contributed by atoms with Gasteiger partial charge < -0.3 is 0 Å². The fraction of sp³-hybridized carbons (Fsp3) is 0.0417. The van der Waals surface area contributed by atoms with E-state index in [1.165, 1.54) is 0 Å². The Hall–Kier alpha value is -3.70. The van der Waals surface area contributed by atoms with E-state index < -0.39 is 0 Å². The SMILES string of the molecule is O=c1c2cc(Cl)ccc2ncn1Cc1cn(-c2ccccc2)nc1-c1ccccc1. The summed E-state index contributed by atoms with van der Waals surface area (Å²) in [6, 6.07) is 25.0. The van der Waals surface area contributed by atoms with Crippen LogP contribution in [-0.2, 0) is 6.54 Å². The minimum atomic E-state index is -0.131. The zero-order valence-corrected chi connectivity index (χ0v) is 16.7. The summed E-state index contributed by atoms with van der Waals surface area (Å²) < 4.78 is 3.44. The molecule has 2 aromatic heterocycles. The van der Waals surface area contributed by atoms with Gasteiger partial charge in [0.05, 0.1) is 35.2 Å². The monoisotopic (exact) mass is 412 g/mol. The van der Waals surface area contributed by atoms with Gasteiger partial charge in [0.2, 0.25) is 0 Å². The molecule has 0 fully saturated rings. The average Bonchev–Trinajstić information content (AvgIpc) is 3.21. The Balaban J connectivity index is 1.63. The van der Waals surface area contributed by atoms with Crippen LogP contribution in [0.3, 0.4) is 0 Å². The lowest BCUT2D eigenvalue weighted by Crippen LogP contribution is -2.21. The molecule has 0 unspecified atom stereocenters. The van der Waals surface area contributed by atoms with Gasteiger partial charge in [0.25, 0.3) is 5.56 Å². The molecule has 3 aromatic carbocycles. The Morgan fingerprint density at radius 2 is 1.63 bits per heavy atom. The van der Waals surface area contributed by atoms with Crippen LogP contribution in [-0.4, -0.2) is 19.3 Å². The average molecular weight is 413 g/mol. The fourth-order valence-electron chi connectivity index (χ4n) is 3.50. The van der Waals surface area contributed by atoms with Crippen molar-refractivity contribution in [1.29, 1.82) is 0 Å². The van der Waals surface area contributed by atoms with Crippen molar-refractivity contribution in [1.82, 2.24) is 19.3 Å². The van der Waals surface area contributed by atoms with Gasteiger partial charge in [0.15, 0.2) is 0 Å². The summed E-state index contributed by atoms with van der Waals surface area (Å²) in [7, 11) is 0. The van der Waals surface area contributed by atoms with Crippen molar-refractivity contribution in [3.05, 3.63) is 112 Å². The fourth-order valence-corrected chi connectivity index (χ4v) is 3.68. The Morgan fingerprint density at radius 1 is 0.900 bits per heavy atom. The van der Waals surface area contributed by atoms with E-state index in [4.69, 9.17) is 16.7 Å². The molecule has 30 heavy (non-hydrogen) atoms. The molecular weight excluding hydrogens is 396 g/mol. The molecule has 146 valence electrons. The second-order valence-electron chi connectivity index (χ2n) is 6.99. The topological polar surface area (TPSA) is 52.7 Å². The van der Waals surface area contributed by atoms with Crippen molar-refractivity contribution < 1.29 is 0 Å². The highest BCUT2D eigenvalue weighted by molar-refractivity contribution is 6.31. The predicted octanol–water partition coefficient (Wildman–Crippen LogP) is 4.95. The van der Waals surface area contributed by atoms with Crippen molar-refractivity contribution in [2.75, 3.05) is 0 Å². The van der Waals surface area contributed by atoms with Crippen LogP contribution >= 0.6 is 11.6 Å². The van der Waals surface area contributed by atoms with E-state index >= 15 is 0 Å². The molecule has 6 heteroatoms. The van der Waals surface area contributed by atoms with Crippen molar-refractivity contribution in [3.8, 4) is 16.9 Å². The van der Waals surface area contributed by atoms with Gasteiger partial charge >= 0.3 is 0 Å². The van der Waals surface area contributed by atoms with Crippen molar-refractivity contribution in [2.45, 2.75) is 6.54 Å². The molecule has 0 radical (unpaired) electrons. The van der Waals surface area contributed by atoms with Crippen molar-refractivity contribution in [2.24, 2.45) is 0 Å². The molecule has 5 aromatic rings. The van der Waals surface area contributed by atoms with Gasteiger partial charge in [-0.15, -0.1) is 0 Å². The number of halogens is 1. The first-order chi connectivity index (χ1) is 14.7. The molecule has 0 aliphatic rings. The normalized spacial score (nSPS) is 11.1. The second kappa shape index (κ2) is 7.61. The first-order valence-corrected chi connectivity index (χ1v) is 9.91. The van der Waals surface area contributed by atoms with E-state index in [1.54, 1.807) is 29.1 Å². The lowest BCUT2D eigenvalue weighted by molar-refractivity contribution is 0.749. The molecule has 0 bridgehead atoms. The van der Waals surface area contributed by atoms with Crippen LogP contribution in [0.2, 0.25) is 5.02 Å². The number of rotatable bonds is 4. The Bertz CT molecular complexity index is 1390. The Kier molecular flexibility index (Phi) is 4.65. The zero-order valence-electron chi connectivity index (χ0n) is 15.9. The summed E-state index contributed by atoms with van der Waals surface area (Å²) in [5, 5.41) is 5.83. The Labute approximate surface area is 177 Å². The standard InChI is InChI=1S/C24H17ClN4O/c25-19-11-12-22-21(13-19)24(30)28(16-26-22)14-18-15-29(20-9-5-2-6-10-20)27-23(18)17-7-3-1-4-8-17/h1-13,15-16H,14H2. The van der Waals surface area contributed by atoms with Crippen LogP contribution in [0.15, 0.2) is 96.2 Å². The van der Waals surface area contributed by atoms with Crippen LogP contribution in [0, 0.1) is 0 Å². The van der Waals surface area contributed by atoms with E-state index in [0.717, 1.165) is 22.5 Å². The molecule has 5 nitrogen and oxygen atoms in total. The van der Waals surface area contributed by atoms with Crippen molar-refractivity contribution >= 4 is 22.5 Å². The summed E-state index contributed by atoms with van der Waals surface area (Å²) in [5.74, 6) is 0. The minimum Gasteiger partial charge on any atom is -0.294 e. The van der Waals surface area contributed by atoms with Gasteiger partial charge in [-0.1, -0.05) is 60.1 Å². The van der Waals surface area contributed by atoms with E-state index in [1.807, 2.05) is 71.5 Å². The van der Waals surface area contributed by atoms with Gasteiger partial charge in [-0.3, -0.25) is 9.36 Å². The van der Waals surface area contributed by atoms with Crippen LogP contribution in [0.4, 0.5) is 0 Å². The minimum absolute atomic E-state index is 0.131. The third-order valence-electron chi connectivity index (χ3n) is 4.98. The van der Waals surface area contributed by atoms with Crippen molar-refractivity contribution in [3.63, 3.8) is 0 Å².